The molecule has 1 atom stereocenters. The molecule has 1 amide bonds. The minimum atomic E-state index is 0.365. The Balaban J connectivity index is 2.45. The van der Waals surface area contributed by atoms with Gasteiger partial charge in [0.2, 0.25) is 5.91 Å². The normalized spacial score (nSPS) is 19.9. The Morgan fingerprint density at radius 3 is 2.71 bits per heavy atom. The molecule has 1 rings (SSSR count). The first-order chi connectivity index (χ1) is 8.27. The molecule has 1 heterocycles. The van der Waals surface area contributed by atoms with Crippen LogP contribution in [0.4, 0.5) is 0 Å². The van der Waals surface area contributed by atoms with Gasteiger partial charge in [0.15, 0.2) is 0 Å². The summed E-state index contributed by atoms with van der Waals surface area (Å²) in [6, 6.07) is 0.480. The molecule has 1 saturated heterocycles. The topological polar surface area (TPSA) is 32.3 Å². The Morgan fingerprint density at radius 2 is 2.00 bits per heavy atom. The second kappa shape index (κ2) is 8.51. The highest BCUT2D eigenvalue weighted by molar-refractivity contribution is 5.76. The summed E-state index contributed by atoms with van der Waals surface area (Å²) in [5.74, 6) is 0.365. The average molecular weight is 240 g/mol. The molecule has 17 heavy (non-hydrogen) atoms. The molecule has 1 aliphatic rings. The molecule has 0 aliphatic carbocycles. The van der Waals surface area contributed by atoms with Gasteiger partial charge in [0.25, 0.3) is 0 Å². The molecule has 0 aromatic rings. The van der Waals surface area contributed by atoms with Crippen LogP contribution in [0.5, 0.6) is 0 Å². The first-order valence-corrected chi connectivity index (χ1v) is 7.29. The highest BCUT2D eigenvalue weighted by Gasteiger charge is 2.18. The van der Waals surface area contributed by atoms with Crippen LogP contribution in [0.3, 0.4) is 0 Å². The number of nitrogens with zero attached hydrogens (tertiary/aromatic N) is 1. The minimum absolute atomic E-state index is 0.365. The fraction of sp³-hybridized carbons (Fsp3) is 0.929. The van der Waals surface area contributed by atoms with E-state index in [1.807, 2.05) is 0 Å². The van der Waals surface area contributed by atoms with Crippen LogP contribution in [0, 0.1) is 0 Å². The number of nitrogens with one attached hydrogen (secondary N) is 1. The van der Waals surface area contributed by atoms with E-state index < -0.39 is 0 Å². The van der Waals surface area contributed by atoms with Gasteiger partial charge in [-0.2, -0.15) is 0 Å². The molecule has 1 unspecified atom stereocenters. The molecular formula is C14H28N2O. The van der Waals surface area contributed by atoms with E-state index in [4.69, 9.17) is 0 Å². The third-order valence-corrected chi connectivity index (χ3v) is 3.49. The zero-order chi connectivity index (χ0) is 12.5. The summed E-state index contributed by atoms with van der Waals surface area (Å²) >= 11 is 0. The Bertz CT molecular complexity index is 212. The molecular weight excluding hydrogens is 212 g/mol. The van der Waals surface area contributed by atoms with E-state index in [9.17, 15) is 4.79 Å². The van der Waals surface area contributed by atoms with Gasteiger partial charge in [-0.25, -0.2) is 0 Å². The Hall–Kier alpha value is -0.570. The second-order valence-electron chi connectivity index (χ2n) is 5.05. The standard InChI is InChI=1S/C14H28N2O/c1-3-9-13(15-4-2)12-16-11-8-6-5-7-10-14(16)17/h13,15H,3-12H2,1-2H3. The van der Waals surface area contributed by atoms with Crippen LogP contribution in [0.15, 0.2) is 0 Å². The zero-order valence-electron chi connectivity index (χ0n) is 11.5. The lowest BCUT2D eigenvalue weighted by Gasteiger charge is -2.29. The van der Waals surface area contributed by atoms with Crippen molar-refractivity contribution in [3.05, 3.63) is 0 Å². The van der Waals surface area contributed by atoms with Crippen molar-refractivity contribution in [2.75, 3.05) is 19.6 Å². The van der Waals surface area contributed by atoms with Crippen molar-refractivity contribution in [3.63, 3.8) is 0 Å². The highest BCUT2D eigenvalue weighted by atomic mass is 16.2. The number of rotatable bonds is 6. The molecule has 0 aromatic heterocycles. The summed E-state index contributed by atoms with van der Waals surface area (Å²) < 4.78 is 0. The van der Waals surface area contributed by atoms with E-state index in [1.54, 1.807) is 0 Å². The predicted molar refractivity (Wildman–Crippen MR) is 72.0 cm³/mol. The van der Waals surface area contributed by atoms with E-state index in [2.05, 4.69) is 24.1 Å². The van der Waals surface area contributed by atoms with Gasteiger partial charge >= 0.3 is 0 Å². The fourth-order valence-electron chi connectivity index (χ4n) is 2.57. The van der Waals surface area contributed by atoms with Crippen LogP contribution in [-0.2, 0) is 4.79 Å². The SMILES string of the molecule is CCCC(CN1CCCCCCC1=O)NCC. The highest BCUT2D eigenvalue weighted by Crippen LogP contribution is 2.12. The van der Waals surface area contributed by atoms with Gasteiger partial charge in [0, 0.05) is 25.6 Å². The summed E-state index contributed by atoms with van der Waals surface area (Å²) in [6.45, 7) is 7.20. The Labute approximate surface area is 106 Å². The zero-order valence-corrected chi connectivity index (χ0v) is 11.5. The lowest BCUT2D eigenvalue weighted by molar-refractivity contribution is -0.132. The second-order valence-corrected chi connectivity index (χ2v) is 5.05. The van der Waals surface area contributed by atoms with Crippen molar-refractivity contribution in [3.8, 4) is 0 Å². The summed E-state index contributed by atoms with van der Waals surface area (Å²) in [7, 11) is 0. The number of likely N-dealkylation sites (N-methyl/N-ethyl adjacent to an activating group) is 1. The van der Waals surface area contributed by atoms with Gasteiger partial charge < -0.3 is 10.2 Å². The van der Waals surface area contributed by atoms with Gasteiger partial charge in [-0.3, -0.25) is 4.79 Å². The summed E-state index contributed by atoms with van der Waals surface area (Å²) in [5, 5.41) is 3.49. The lowest BCUT2D eigenvalue weighted by atomic mass is 10.1. The summed E-state index contributed by atoms with van der Waals surface area (Å²) in [5.41, 5.74) is 0. The molecule has 0 saturated carbocycles. The van der Waals surface area contributed by atoms with Gasteiger partial charge in [-0.1, -0.05) is 33.1 Å². The third kappa shape index (κ3) is 5.53. The van der Waals surface area contributed by atoms with Crippen molar-refractivity contribution in [1.82, 2.24) is 10.2 Å². The van der Waals surface area contributed by atoms with Gasteiger partial charge in [0.1, 0.15) is 0 Å². The maximum atomic E-state index is 12.0. The molecule has 3 heteroatoms. The Morgan fingerprint density at radius 1 is 1.24 bits per heavy atom. The van der Waals surface area contributed by atoms with E-state index in [0.717, 1.165) is 38.9 Å². The van der Waals surface area contributed by atoms with Crippen molar-refractivity contribution < 1.29 is 4.79 Å². The van der Waals surface area contributed by atoms with Gasteiger partial charge in [-0.15, -0.1) is 0 Å². The maximum absolute atomic E-state index is 12.0. The maximum Gasteiger partial charge on any atom is 0.222 e. The molecule has 1 N–H and O–H groups in total. The number of carbonyl (C=O) groups is 1. The van der Waals surface area contributed by atoms with Gasteiger partial charge in [0.05, 0.1) is 0 Å². The minimum Gasteiger partial charge on any atom is -0.341 e. The van der Waals surface area contributed by atoms with Gasteiger partial charge in [-0.05, 0) is 25.8 Å². The summed E-state index contributed by atoms with van der Waals surface area (Å²) in [4.78, 5) is 14.1. The molecule has 3 nitrogen and oxygen atoms in total. The fourth-order valence-corrected chi connectivity index (χ4v) is 2.57. The average Bonchev–Trinajstić information content (AvgIpc) is 2.29. The van der Waals surface area contributed by atoms with Crippen molar-refractivity contribution in [2.24, 2.45) is 0 Å². The number of amides is 1. The van der Waals surface area contributed by atoms with Crippen molar-refractivity contribution in [1.29, 1.82) is 0 Å². The van der Waals surface area contributed by atoms with E-state index in [0.29, 0.717) is 11.9 Å². The van der Waals surface area contributed by atoms with Crippen molar-refractivity contribution >= 4 is 5.91 Å². The number of carbonyl (C=O) groups excluding carboxylic acids is 1. The molecule has 0 aromatic carbocycles. The van der Waals surface area contributed by atoms with E-state index in [1.165, 1.54) is 25.7 Å². The molecule has 100 valence electrons. The number of likely N-dealkylation sites (tertiary alicyclic amines) is 1. The van der Waals surface area contributed by atoms with Crippen LogP contribution >= 0.6 is 0 Å². The first-order valence-electron chi connectivity index (χ1n) is 7.29. The first kappa shape index (κ1) is 14.5. The van der Waals surface area contributed by atoms with E-state index >= 15 is 0 Å². The Kier molecular flexibility index (Phi) is 7.25. The summed E-state index contributed by atoms with van der Waals surface area (Å²) in [6.07, 6.45) is 7.86. The van der Waals surface area contributed by atoms with Crippen LogP contribution in [-0.4, -0.2) is 36.5 Å². The smallest absolute Gasteiger partial charge is 0.222 e. The molecule has 1 fully saturated rings. The van der Waals surface area contributed by atoms with Crippen LogP contribution in [0.2, 0.25) is 0 Å². The van der Waals surface area contributed by atoms with Crippen LogP contribution in [0.1, 0.15) is 58.8 Å². The van der Waals surface area contributed by atoms with Crippen molar-refractivity contribution in [2.45, 2.75) is 64.8 Å². The lowest BCUT2D eigenvalue weighted by Crippen LogP contribution is -2.44. The number of hydrogen-bond acceptors (Lipinski definition) is 2. The third-order valence-electron chi connectivity index (χ3n) is 3.49. The molecule has 0 radical (unpaired) electrons. The van der Waals surface area contributed by atoms with Crippen LogP contribution in [0.25, 0.3) is 0 Å². The monoisotopic (exact) mass is 240 g/mol. The van der Waals surface area contributed by atoms with E-state index in [-0.39, 0.29) is 0 Å². The quantitative estimate of drug-likeness (QED) is 0.774. The molecule has 1 aliphatic heterocycles. The predicted octanol–water partition coefficient (Wildman–Crippen LogP) is 2.56. The number of hydrogen-bond donors (Lipinski definition) is 1. The largest absolute Gasteiger partial charge is 0.341 e. The molecule has 0 bridgehead atoms. The van der Waals surface area contributed by atoms with Crippen LogP contribution < -0.4 is 5.32 Å². The molecule has 0 spiro atoms.